The summed E-state index contributed by atoms with van der Waals surface area (Å²) in [6.45, 7) is 0.317. The van der Waals surface area contributed by atoms with Crippen molar-refractivity contribution in [2.75, 3.05) is 0 Å². The first-order chi connectivity index (χ1) is 15.2. The van der Waals surface area contributed by atoms with Gasteiger partial charge in [-0.1, -0.05) is 54.6 Å². The molecule has 0 spiro atoms. The Bertz CT molecular complexity index is 1080. The maximum Gasteiger partial charge on any atom is 0.417 e. The Kier molecular flexibility index (Phi) is 7.14. The predicted octanol–water partition coefficient (Wildman–Crippen LogP) is 4.71. The van der Waals surface area contributed by atoms with E-state index in [0.717, 1.165) is 23.8 Å². The number of amides is 1. The summed E-state index contributed by atoms with van der Waals surface area (Å²) in [4.78, 5) is 24.1. The van der Waals surface area contributed by atoms with Crippen LogP contribution in [0.2, 0.25) is 0 Å². The van der Waals surface area contributed by atoms with Crippen molar-refractivity contribution >= 4 is 11.9 Å². The summed E-state index contributed by atoms with van der Waals surface area (Å²) in [6.07, 6.45) is -4.87. The third kappa shape index (κ3) is 6.10. The Morgan fingerprint density at radius 1 is 0.906 bits per heavy atom. The second-order valence-electron chi connectivity index (χ2n) is 7.03. The van der Waals surface area contributed by atoms with Crippen LogP contribution >= 0.6 is 0 Å². The normalized spacial score (nSPS) is 12.1. The van der Waals surface area contributed by atoms with Crippen molar-refractivity contribution in [1.82, 2.24) is 5.32 Å². The van der Waals surface area contributed by atoms with E-state index in [4.69, 9.17) is 4.74 Å². The standard InChI is InChI=1S/C24H20F3NO4/c25-24(26,27)20-12-5-4-11-19(20)22(29)28-21(23(30)31)14-17-9-6-10-18(13-17)32-15-16-7-2-1-3-8-16/h1-13,21H,14-15H2,(H,28,29)(H,30,31)/t21-/m0/s1. The number of benzene rings is 3. The second kappa shape index (κ2) is 10.00. The van der Waals surface area contributed by atoms with E-state index in [1.54, 1.807) is 24.3 Å². The van der Waals surface area contributed by atoms with Crippen molar-refractivity contribution in [3.8, 4) is 5.75 Å². The summed E-state index contributed by atoms with van der Waals surface area (Å²) in [5.74, 6) is -1.97. The van der Waals surface area contributed by atoms with Crippen LogP contribution in [0.3, 0.4) is 0 Å². The van der Waals surface area contributed by atoms with Gasteiger partial charge in [0.15, 0.2) is 0 Å². The molecule has 0 aliphatic heterocycles. The van der Waals surface area contributed by atoms with Gasteiger partial charge in [0, 0.05) is 6.42 Å². The molecule has 2 N–H and O–H groups in total. The minimum atomic E-state index is -4.74. The number of hydrogen-bond acceptors (Lipinski definition) is 3. The van der Waals surface area contributed by atoms with E-state index in [0.29, 0.717) is 17.9 Å². The van der Waals surface area contributed by atoms with Gasteiger partial charge in [-0.25, -0.2) is 4.79 Å². The van der Waals surface area contributed by atoms with E-state index in [1.807, 2.05) is 30.3 Å². The van der Waals surface area contributed by atoms with E-state index in [9.17, 15) is 27.9 Å². The molecule has 0 fully saturated rings. The average Bonchev–Trinajstić information content (AvgIpc) is 2.77. The van der Waals surface area contributed by atoms with Crippen LogP contribution in [-0.4, -0.2) is 23.0 Å². The summed E-state index contributed by atoms with van der Waals surface area (Å²) in [7, 11) is 0. The monoisotopic (exact) mass is 443 g/mol. The molecule has 8 heteroatoms. The number of ether oxygens (including phenoxy) is 1. The zero-order chi connectivity index (χ0) is 23.1. The van der Waals surface area contributed by atoms with Crippen LogP contribution < -0.4 is 10.1 Å². The lowest BCUT2D eigenvalue weighted by atomic mass is 10.0. The quantitative estimate of drug-likeness (QED) is 0.529. The third-order valence-corrected chi connectivity index (χ3v) is 4.67. The first kappa shape index (κ1) is 22.9. The Labute approximate surface area is 182 Å². The number of nitrogens with one attached hydrogen (secondary N) is 1. The van der Waals surface area contributed by atoms with E-state index >= 15 is 0 Å². The van der Waals surface area contributed by atoms with Gasteiger partial charge in [0.05, 0.1) is 11.1 Å². The van der Waals surface area contributed by atoms with Gasteiger partial charge in [-0.05, 0) is 35.4 Å². The highest BCUT2D eigenvalue weighted by Crippen LogP contribution is 2.31. The molecular weight excluding hydrogens is 423 g/mol. The van der Waals surface area contributed by atoms with Gasteiger partial charge in [-0.3, -0.25) is 4.79 Å². The minimum absolute atomic E-state index is 0.127. The number of hydrogen-bond donors (Lipinski definition) is 2. The van der Waals surface area contributed by atoms with Gasteiger partial charge >= 0.3 is 12.1 Å². The number of aliphatic carboxylic acids is 1. The van der Waals surface area contributed by atoms with E-state index in [2.05, 4.69) is 5.32 Å². The number of carboxylic acid groups (broad SMARTS) is 1. The molecule has 3 rings (SSSR count). The number of carbonyl (C=O) groups is 2. The largest absolute Gasteiger partial charge is 0.489 e. The van der Waals surface area contributed by atoms with Crippen molar-refractivity contribution in [1.29, 1.82) is 0 Å². The van der Waals surface area contributed by atoms with Crippen molar-refractivity contribution in [2.24, 2.45) is 0 Å². The Balaban J connectivity index is 1.71. The Morgan fingerprint density at radius 3 is 2.25 bits per heavy atom. The van der Waals surface area contributed by atoms with E-state index in [1.165, 1.54) is 6.07 Å². The van der Waals surface area contributed by atoms with Crippen LogP contribution in [0.1, 0.15) is 27.0 Å². The van der Waals surface area contributed by atoms with Gasteiger partial charge in [0.2, 0.25) is 0 Å². The molecule has 3 aromatic rings. The molecule has 0 heterocycles. The topological polar surface area (TPSA) is 75.6 Å². The molecule has 0 bridgehead atoms. The maximum atomic E-state index is 13.2. The fraction of sp³-hybridized carbons (Fsp3) is 0.167. The molecule has 0 saturated heterocycles. The van der Waals surface area contributed by atoms with E-state index in [-0.39, 0.29) is 6.42 Å². The number of carbonyl (C=O) groups excluding carboxylic acids is 1. The molecular formula is C24H20F3NO4. The fourth-order valence-electron chi connectivity index (χ4n) is 3.10. The van der Waals surface area contributed by atoms with Gasteiger partial charge in [-0.15, -0.1) is 0 Å². The number of alkyl halides is 3. The van der Waals surface area contributed by atoms with Crippen LogP contribution in [0.15, 0.2) is 78.9 Å². The number of halogens is 3. The maximum absolute atomic E-state index is 13.2. The lowest BCUT2D eigenvalue weighted by molar-refractivity contribution is -0.139. The first-order valence-electron chi connectivity index (χ1n) is 9.69. The van der Waals surface area contributed by atoms with Crippen LogP contribution in [0, 0.1) is 0 Å². The van der Waals surface area contributed by atoms with Gasteiger partial charge < -0.3 is 15.2 Å². The highest BCUT2D eigenvalue weighted by atomic mass is 19.4. The predicted molar refractivity (Wildman–Crippen MR) is 111 cm³/mol. The molecule has 0 aliphatic carbocycles. The molecule has 0 aliphatic rings. The Hall–Kier alpha value is -3.81. The number of carboxylic acids is 1. The van der Waals surface area contributed by atoms with Crippen molar-refractivity contribution in [3.63, 3.8) is 0 Å². The summed E-state index contributed by atoms with van der Waals surface area (Å²) in [6, 6.07) is 18.9. The molecule has 166 valence electrons. The molecule has 1 amide bonds. The van der Waals surface area contributed by atoms with Gasteiger partial charge in [-0.2, -0.15) is 13.2 Å². The molecule has 1 atom stereocenters. The average molecular weight is 443 g/mol. The molecule has 0 saturated carbocycles. The van der Waals surface area contributed by atoms with Crippen LogP contribution in [0.4, 0.5) is 13.2 Å². The fourth-order valence-corrected chi connectivity index (χ4v) is 3.10. The summed E-state index contributed by atoms with van der Waals surface area (Å²) < 4.78 is 45.3. The lowest BCUT2D eigenvalue weighted by Crippen LogP contribution is -2.42. The van der Waals surface area contributed by atoms with E-state index < -0.39 is 35.2 Å². The highest BCUT2D eigenvalue weighted by Gasteiger charge is 2.35. The summed E-state index contributed by atoms with van der Waals surface area (Å²) in [5, 5.41) is 11.7. The van der Waals surface area contributed by atoms with Crippen LogP contribution in [0.5, 0.6) is 5.75 Å². The summed E-state index contributed by atoms with van der Waals surface area (Å²) >= 11 is 0. The molecule has 5 nitrogen and oxygen atoms in total. The molecule has 3 aromatic carbocycles. The van der Waals surface area contributed by atoms with Crippen molar-refractivity contribution < 1.29 is 32.6 Å². The molecule has 0 aromatic heterocycles. The first-order valence-corrected chi connectivity index (χ1v) is 9.69. The van der Waals surface area contributed by atoms with Crippen molar-refractivity contribution in [3.05, 3.63) is 101 Å². The van der Waals surface area contributed by atoms with Crippen LogP contribution in [-0.2, 0) is 24.0 Å². The second-order valence-corrected chi connectivity index (χ2v) is 7.03. The number of rotatable bonds is 8. The molecule has 0 unspecified atom stereocenters. The van der Waals surface area contributed by atoms with Crippen LogP contribution in [0.25, 0.3) is 0 Å². The zero-order valence-corrected chi connectivity index (χ0v) is 16.8. The lowest BCUT2D eigenvalue weighted by Gasteiger charge is -2.17. The minimum Gasteiger partial charge on any atom is -0.489 e. The summed E-state index contributed by atoms with van der Waals surface area (Å²) in [5.41, 5.74) is -0.256. The Morgan fingerprint density at radius 2 is 1.56 bits per heavy atom. The SMILES string of the molecule is O=C(N[C@@H](Cc1cccc(OCc2ccccc2)c1)C(=O)O)c1ccccc1C(F)(F)F. The molecule has 0 radical (unpaired) electrons. The smallest absolute Gasteiger partial charge is 0.417 e. The highest BCUT2D eigenvalue weighted by molar-refractivity contribution is 5.98. The molecule has 32 heavy (non-hydrogen) atoms. The zero-order valence-electron chi connectivity index (χ0n) is 16.8. The van der Waals surface area contributed by atoms with Gasteiger partial charge in [0.1, 0.15) is 18.4 Å². The van der Waals surface area contributed by atoms with Crippen molar-refractivity contribution in [2.45, 2.75) is 25.2 Å². The van der Waals surface area contributed by atoms with Gasteiger partial charge in [0.25, 0.3) is 5.91 Å². The third-order valence-electron chi connectivity index (χ3n) is 4.67.